The highest BCUT2D eigenvalue weighted by atomic mass is 79.9. The molecule has 0 fully saturated rings. The van der Waals surface area contributed by atoms with Crippen LogP contribution in [0.15, 0.2) is 23.1 Å². The zero-order valence-corrected chi connectivity index (χ0v) is 15.5. The zero-order chi connectivity index (χ0) is 16.5. The van der Waals surface area contributed by atoms with E-state index in [1.165, 1.54) is 31.5 Å². The first-order valence-electron chi connectivity index (χ1n) is 6.53. The van der Waals surface area contributed by atoms with E-state index < -0.39 is 10.0 Å². The van der Waals surface area contributed by atoms with Crippen LogP contribution in [0.4, 0.5) is 5.13 Å². The molecule has 1 heterocycles. The zero-order valence-electron chi connectivity index (χ0n) is 12.3. The van der Waals surface area contributed by atoms with Crippen LogP contribution in [0.1, 0.15) is 13.3 Å². The van der Waals surface area contributed by atoms with Crippen molar-refractivity contribution < 1.29 is 13.2 Å². The molecule has 0 bridgehead atoms. The average molecular weight is 406 g/mol. The molecule has 0 aliphatic rings. The number of hydrogen-bond donors (Lipinski definition) is 1. The van der Waals surface area contributed by atoms with E-state index in [0.717, 1.165) is 4.31 Å². The number of anilines is 1. The minimum Gasteiger partial charge on any atom is -0.301 e. The number of carbonyl (C=O) groups is 1. The molecule has 2 aromatic rings. The number of nitrogens with one attached hydrogen (secondary N) is 1. The number of benzene rings is 1. The molecule has 0 aliphatic carbocycles. The van der Waals surface area contributed by atoms with Crippen LogP contribution in [-0.2, 0) is 14.8 Å². The van der Waals surface area contributed by atoms with Crippen LogP contribution < -0.4 is 5.32 Å². The van der Waals surface area contributed by atoms with E-state index in [9.17, 15) is 13.2 Å². The van der Waals surface area contributed by atoms with E-state index in [-0.39, 0.29) is 15.6 Å². The van der Waals surface area contributed by atoms with E-state index >= 15 is 0 Å². The molecule has 0 saturated heterocycles. The summed E-state index contributed by atoms with van der Waals surface area (Å²) in [5, 5.41) is 3.18. The smallest absolute Gasteiger partial charge is 0.242 e. The van der Waals surface area contributed by atoms with Gasteiger partial charge in [0.25, 0.3) is 0 Å². The van der Waals surface area contributed by atoms with E-state index in [2.05, 4.69) is 26.2 Å². The first kappa shape index (κ1) is 17.3. The Hall–Kier alpha value is -1.03. The van der Waals surface area contributed by atoms with Crippen molar-refractivity contribution in [1.29, 1.82) is 0 Å². The summed E-state index contributed by atoms with van der Waals surface area (Å²) in [6.07, 6.45) is 0.669. The molecule has 1 aromatic heterocycles. The van der Waals surface area contributed by atoms with Crippen LogP contribution >= 0.6 is 27.3 Å². The second-order valence-electron chi connectivity index (χ2n) is 4.80. The summed E-state index contributed by atoms with van der Waals surface area (Å²) >= 11 is 4.53. The van der Waals surface area contributed by atoms with Crippen LogP contribution in [0.2, 0.25) is 0 Å². The molecule has 22 heavy (non-hydrogen) atoms. The summed E-state index contributed by atoms with van der Waals surface area (Å²) in [6, 6.07) is 4.73. The third-order valence-corrected chi connectivity index (χ3v) is 6.82. The van der Waals surface area contributed by atoms with Gasteiger partial charge in [-0.2, -0.15) is 0 Å². The maximum Gasteiger partial charge on any atom is 0.242 e. The van der Waals surface area contributed by atoms with Gasteiger partial charge >= 0.3 is 0 Å². The van der Waals surface area contributed by atoms with E-state index in [1.54, 1.807) is 12.1 Å². The number of sulfonamides is 1. The molecule has 0 spiro atoms. The summed E-state index contributed by atoms with van der Waals surface area (Å²) < 4.78 is 26.1. The molecule has 120 valence electrons. The van der Waals surface area contributed by atoms with Crippen LogP contribution in [0.25, 0.3) is 10.2 Å². The molecule has 1 atom stereocenters. The summed E-state index contributed by atoms with van der Waals surface area (Å²) in [4.78, 5) is 16.1. The van der Waals surface area contributed by atoms with Crippen molar-refractivity contribution in [1.82, 2.24) is 9.29 Å². The molecule has 6 nitrogen and oxygen atoms in total. The lowest BCUT2D eigenvalue weighted by molar-refractivity contribution is -0.115. The maximum absolute atomic E-state index is 12.1. The highest BCUT2D eigenvalue weighted by Crippen LogP contribution is 2.29. The van der Waals surface area contributed by atoms with Crippen LogP contribution in [0.3, 0.4) is 0 Å². The van der Waals surface area contributed by atoms with Crippen molar-refractivity contribution in [3.05, 3.63) is 18.2 Å². The topological polar surface area (TPSA) is 79.4 Å². The molecular formula is C13H16BrN3O3S2. The monoisotopic (exact) mass is 405 g/mol. The van der Waals surface area contributed by atoms with Gasteiger partial charge in [-0.3, -0.25) is 4.79 Å². The summed E-state index contributed by atoms with van der Waals surface area (Å²) in [5.74, 6) is -0.164. The number of carbonyl (C=O) groups excluding carboxylic acids is 1. The van der Waals surface area contributed by atoms with Gasteiger partial charge in [-0.15, -0.1) is 0 Å². The largest absolute Gasteiger partial charge is 0.301 e. The quantitative estimate of drug-likeness (QED) is 0.775. The van der Waals surface area contributed by atoms with Gasteiger partial charge in [0.05, 0.1) is 19.9 Å². The summed E-state index contributed by atoms with van der Waals surface area (Å²) in [5.41, 5.74) is 0.653. The SMILES string of the molecule is CCC(Br)C(=O)Nc1nc2ccc(S(=O)(=O)N(C)C)cc2s1. The Morgan fingerprint density at radius 2 is 2.14 bits per heavy atom. The third kappa shape index (κ3) is 3.48. The van der Waals surface area contributed by atoms with Gasteiger partial charge in [0.1, 0.15) is 0 Å². The van der Waals surface area contributed by atoms with Gasteiger partial charge < -0.3 is 5.32 Å². The average Bonchev–Trinajstić information content (AvgIpc) is 2.87. The van der Waals surface area contributed by atoms with Crippen molar-refractivity contribution in [3.63, 3.8) is 0 Å². The highest BCUT2D eigenvalue weighted by Gasteiger charge is 2.19. The van der Waals surface area contributed by atoms with Crippen LogP contribution in [0.5, 0.6) is 0 Å². The fourth-order valence-electron chi connectivity index (χ4n) is 1.70. The van der Waals surface area contributed by atoms with Gasteiger partial charge in [0.2, 0.25) is 15.9 Å². The molecule has 1 amide bonds. The number of thiazole rings is 1. The van der Waals surface area contributed by atoms with E-state index in [4.69, 9.17) is 0 Å². The lowest BCUT2D eigenvalue weighted by Gasteiger charge is -2.10. The maximum atomic E-state index is 12.1. The number of halogens is 1. The second-order valence-corrected chi connectivity index (χ2v) is 9.09. The first-order chi connectivity index (χ1) is 10.3. The van der Waals surface area contributed by atoms with Crippen molar-refractivity contribution in [3.8, 4) is 0 Å². The van der Waals surface area contributed by atoms with E-state index in [0.29, 0.717) is 21.8 Å². The minimum atomic E-state index is -3.48. The predicted octanol–water partition coefficient (Wildman–Crippen LogP) is 2.66. The molecule has 1 unspecified atom stereocenters. The number of fused-ring (bicyclic) bond motifs is 1. The standard InChI is InChI=1S/C13H16BrN3O3S2/c1-4-9(14)12(18)16-13-15-10-6-5-8(7-11(10)21-13)22(19,20)17(2)3/h5-7,9H,4H2,1-3H3,(H,15,16,18). The van der Waals surface area contributed by atoms with Gasteiger partial charge in [0.15, 0.2) is 5.13 Å². The summed E-state index contributed by atoms with van der Waals surface area (Å²) in [6.45, 7) is 1.90. The summed E-state index contributed by atoms with van der Waals surface area (Å²) in [7, 11) is -0.512. The number of alkyl halides is 1. The van der Waals surface area contributed by atoms with Gasteiger partial charge in [-0.05, 0) is 24.6 Å². The molecule has 1 aromatic carbocycles. The fraction of sp³-hybridized carbons (Fsp3) is 0.385. The Morgan fingerprint density at radius 3 is 2.73 bits per heavy atom. The fourth-order valence-corrected chi connectivity index (χ4v) is 3.72. The van der Waals surface area contributed by atoms with Crippen molar-refractivity contribution >= 4 is 58.5 Å². The normalized spacial score (nSPS) is 13.5. The molecule has 0 radical (unpaired) electrons. The van der Waals surface area contributed by atoms with Crippen molar-refractivity contribution in [2.75, 3.05) is 19.4 Å². The third-order valence-electron chi connectivity index (χ3n) is 3.01. The van der Waals surface area contributed by atoms with Crippen LogP contribution in [-0.4, -0.2) is 42.5 Å². The lowest BCUT2D eigenvalue weighted by atomic mass is 10.3. The molecule has 2 rings (SSSR count). The van der Waals surface area contributed by atoms with E-state index in [1.807, 2.05) is 6.92 Å². The Balaban J connectivity index is 2.34. The highest BCUT2D eigenvalue weighted by molar-refractivity contribution is 9.10. The predicted molar refractivity (Wildman–Crippen MR) is 92.1 cm³/mol. The van der Waals surface area contributed by atoms with Crippen molar-refractivity contribution in [2.24, 2.45) is 0 Å². The molecule has 9 heteroatoms. The van der Waals surface area contributed by atoms with Gasteiger partial charge in [-0.25, -0.2) is 17.7 Å². The van der Waals surface area contributed by atoms with Gasteiger partial charge in [-0.1, -0.05) is 34.2 Å². The number of aromatic nitrogens is 1. The number of hydrogen-bond acceptors (Lipinski definition) is 5. The van der Waals surface area contributed by atoms with Crippen LogP contribution in [0, 0.1) is 0 Å². The Labute approximate surface area is 141 Å². The Morgan fingerprint density at radius 1 is 1.45 bits per heavy atom. The molecule has 1 N–H and O–H groups in total. The second kappa shape index (κ2) is 6.61. The molecule has 0 aliphatic heterocycles. The number of amides is 1. The number of nitrogens with zero attached hydrogens (tertiary/aromatic N) is 2. The Bertz CT molecular complexity index is 802. The first-order valence-corrected chi connectivity index (χ1v) is 9.71. The Kier molecular flexibility index (Phi) is 5.21. The lowest BCUT2D eigenvalue weighted by Crippen LogP contribution is -2.22. The van der Waals surface area contributed by atoms with Gasteiger partial charge in [0, 0.05) is 14.1 Å². The number of rotatable bonds is 5. The minimum absolute atomic E-state index is 0.164. The molecule has 0 saturated carbocycles. The molecular weight excluding hydrogens is 390 g/mol. The van der Waals surface area contributed by atoms with Crippen molar-refractivity contribution in [2.45, 2.75) is 23.1 Å².